The lowest BCUT2D eigenvalue weighted by Crippen LogP contribution is -2.44. The zero-order valence-corrected chi connectivity index (χ0v) is 12.4. The van der Waals surface area contributed by atoms with Crippen LogP contribution in [-0.4, -0.2) is 24.9 Å². The summed E-state index contributed by atoms with van der Waals surface area (Å²) in [5.74, 6) is -0.263. The molecule has 1 heterocycles. The molecule has 5 heteroatoms. The van der Waals surface area contributed by atoms with E-state index >= 15 is 0 Å². The fourth-order valence-electron chi connectivity index (χ4n) is 2.82. The fourth-order valence-corrected chi connectivity index (χ4v) is 2.82. The van der Waals surface area contributed by atoms with Gasteiger partial charge in [0.05, 0.1) is 11.8 Å². The minimum absolute atomic E-state index is 0.0918. The van der Waals surface area contributed by atoms with Crippen molar-refractivity contribution in [3.63, 3.8) is 0 Å². The van der Waals surface area contributed by atoms with Crippen LogP contribution < -0.4 is 16.4 Å². The summed E-state index contributed by atoms with van der Waals surface area (Å²) in [5, 5.41) is 6.30. The van der Waals surface area contributed by atoms with E-state index in [1.165, 1.54) is 0 Å². The maximum Gasteiger partial charge on any atom is 0.230 e. The molecule has 1 aliphatic heterocycles. The molecular weight excluding hydrogens is 266 g/mol. The predicted octanol–water partition coefficient (Wildman–Crippen LogP) is 1.43. The molecular formula is C16H23N3O2. The first kappa shape index (κ1) is 15.5. The zero-order chi connectivity index (χ0) is 15.3. The van der Waals surface area contributed by atoms with Crippen molar-refractivity contribution in [2.24, 2.45) is 11.1 Å². The van der Waals surface area contributed by atoms with Gasteiger partial charge in [0.15, 0.2) is 0 Å². The van der Waals surface area contributed by atoms with Crippen LogP contribution in [0.5, 0.6) is 0 Å². The molecule has 2 rings (SSSR count). The number of rotatable bonds is 5. The molecule has 1 aromatic rings. The van der Waals surface area contributed by atoms with Crippen LogP contribution in [0.3, 0.4) is 0 Å². The Balaban J connectivity index is 2.03. The van der Waals surface area contributed by atoms with Gasteiger partial charge in [-0.3, -0.25) is 9.59 Å². The number of nitrogens with two attached hydrogens (primary N) is 1. The van der Waals surface area contributed by atoms with Gasteiger partial charge in [-0.2, -0.15) is 0 Å². The third-order valence-corrected chi connectivity index (χ3v) is 4.31. The topological polar surface area (TPSA) is 84.2 Å². The molecule has 0 atom stereocenters. The smallest absolute Gasteiger partial charge is 0.230 e. The van der Waals surface area contributed by atoms with Crippen LogP contribution in [0.2, 0.25) is 0 Å². The Morgan fingerprint density at radius 3 is 2.38 bits per heavy atom. The first-order valence-corrected chi connectivity index (χ1v) is 7.45. The van der Waals surface area contributed by atoms with Gasteiger partial charge in [0.1, 0.15) is 0 Å². The predicted molar refractivity (Wildman–Crippen MR) is 82.8 cm³/mol. The molecule has 1 saturated heterocycles. The second-order valence-electron chi connectivity index (χ2n) is 5.68. The lowest BCUT2D eigenvalue weighted by atomic mass is 9.76. The van der Waals surface area contributed by atoms with E-state index in [9.17, 15) is 9.59 Å². The number of nitrogens with one attached hydrogen (secondary N) is 2. The second-order valence-corrected chi connectivity index (χ2v) is 5.68. The van der Waals surface area contributed by atoms with Crippen LogP contribution in [0.15, 0.2) is 24.3 Å². The Morgan fingerprint density at radius 2 is 1.86 bits per heavy atom. The Kier molecular flexibility index (Phi) is 4.96. The van der Waals surface area contributed by atoms with Crippen LogP contribution in [0.4, 0.5) is 5.69 Å². The Hall–Kier alpha value is -1.88. The van der Waals surface area contributed by atoms with Crippen LogP contribution in [0.25, 0.3) is 0 Å². The molecule has 114 valence electrons. The van der Waals surface area contributed by atoms with E-state index in [4.69, 9.17) is 5.73 Å². The molecule has 2 amide bonds. The Morgan fingerprint density at radius 1 is 1.24 bits per heavy atom. The standard InChI is InChI=1S/C16H23N3O2/c1-2-16(7-9-18-10-8-16)15(21)19-13-5-3-12(4-6-13)11-14(17)20/h3-6,18H,2,7-11H2,1H3,(H2,17,20)(H,19,21). The van der Waals surface area contributed by atoms with Crippen molar-refractivity contribution in [2.75, 3.05) is 18.4 Å². The summed E-state index contributed by atoms with van der Waals surface area (Å²) in [6.07, 6.45) is 2.81. The number of amides is 2. The van der Waals surface area contributed by atoms with E-state index in [2.05, 4.69) is 17.6 Å². The van der Waals surface area contributed by atoms with Gasteiger partial charge in [0.25, 0.3) is 0 Å². The lowest BCUT2D eigenvalue weighted by Gasteiger charge is -2.35. The monoisotopic (exact) mass is 289 g/mol. The van der Waals surface area contributed by atoms with Gasteiger partial charge in [0.2, 0.25) is 11.8 Å². The average Bonchev–Trinajstić information content (AvgIpc) is 2.49. The van der Waals surface area contributed by atoms with E-state index < -0.39 is 0 Å². The highest BCUT2D eigenvalue weighted by Crippen LogP contribution is 2.33. The highest BCUT2D eigenvalue weighted by atomic mass is 16.2. The minimum atomic E-state index is -0.355. The molecule has 0 saturated carbocycles. The molecule has 0 spiro atoms. The molecule has 0 bridgehead atoms. The minimum Gasteiger partial charge on any atom is -0.369 e. The van der Waals surface area contributed by atoms with Crippen molar-refractivity contribution in [3.8, 4) is 0 Å². The molecule has 1 fully saturated rings. The molecule has 21 heavy (non-hydrogen) atoms. The average molecular weight is 289 g/mol. The van der Waals surface area contributed by atoms with E-state index in [0.29, 0.717) is 0 Å². The maximum atomic E-state index is 12.6. The molecule has 5 nitrogen and oxygen atoms in total. The van der Waals surface area contributed by atoms with Gasteiger partial charge in [-0.15, -0.1) is 0 Å². The zero-order valence-electron chi connectivity index (χ0n) is 12.4. The number of carbonyl (C=O) groups excluding carboxylic acids is 2. The fraction of sp³-hybridized carbons (Fsp3) is 0.500. The van der Waals surface area contributed by atoms with Crippen LogP contribution in [-0.2, 0) is 16.0 Å². The number of hydrogen-bond donors (Lipinski definition) is 3. The Bertz CT molecular complexity index is 505. The molecule has 0 aliphatic carbocycles. The van der Waals surface area contributed by atoms with Crippen molar-refractivity contribution < 1.29 is 9.59 Å². The van der Waals surface area contributed by atoms with Crippen LogP contribution in [0, 0.1) is 5.41 Å². The van der Waals surface area contributed by atoms with Gasteiger partial charge in [-0.05, 0) is 50.0 Å². The van der Waals surface area contributed by atoms with Crippen molar-refractivity contribution in [2.45, 2.75) is 32.6 Å². The lowest BCUT2D eigenvalue weighted by molar-refractivity contribution is -0.127. The van der Waals surface area contributed by atoms with E-state index in [-0.39, 0.29) is 23.7 Å². The van der Waals surface area contributed by atoms with Gasteiger partial charge in [0, 0.05) is 5.69 Å². The van der Waals surface area contributed by atoms with Crippen molar-refractivity contribution in [1.29, 1.82) is 0 Å². The summed E-state index contributed by atoms with van der Waals surface area (Å²) in [7, 11) is 0. The van der Waals surface area contributed by atoms with E-state index in [1.54, 1.807) is 0 Å². The molecule has 0 aromatic heterocycles. The van der Waals surface area contributed by atoms with Gasteiger partial charge < -0.3 is 16.4 Å². The summed E-state index contributed by atoms with van der Waals surface area (Å²) in [5.41, 5.74) is 6.51. The molecule has 1 aliphatic rings. The summed E-state index contributed by atoms with van der Waals surface area (Å²) in [4.78, 5) is 23.4. The number of hydrogen-bond acceptors (Lipinski definition) is 3. The number of benzene rings is 1. The van der Waals surface area contributed by atoms with E-state index in [0.717, 1.165) is 43.6 Å². The molecule has 0 radical (unpaired) electrons. The maximum absolute atomic E-state index is 12.6. The van der Waals surface area contributed by atoms with Crippen LogP contribution in [0.1, 0.15) is 31.7 Å². The Labute approximate surface area is 125 Å². The number of piperidine rings is 1. The van der Waals surface area contributed by atoms with Gasteiger partial charge in [-0.25, -0.2) is 0 Å². The first-order valence-electron chi connectivity index (χ1n) is 7.45. The highest BCUT2D eigenvalue weighted by Gasteiger charge is 2.37. The van der Waals surface area contributed by atoms with Crippen LogP contribution >= 0.6 is 0 Å². The molecule has 4 N–H and O–H groups in total. The second kappa shape index (κ2) is 6.72. The number of carbonyl (C=O) groups is 2. The first-order chi connectivity index (χ1) is 10.1. The summed E-state index contributed by atoms with van der Waals surface area (Å²) >= 11 is 0. The normalized spacial score (nSPS) is 17.2. The highest BCUT2D eigenvalue weighted by molar-refractivity contribution is 5.95. The summed E-state index contributed by atoms with van der Waals surface area (Å²) < 4.78 is 0. The molecule has 1 aromatic carbocycles. The largest absolute Gasteiger partial charge is 0.369 e. The van der Waals surface area contributed by atoms with E-state index in [1.807, 2.05) is 24.3 Å². The number of anilines is 1. The SMILES string of the molecule is CCC1(C(=O)Nc2ccc(CC(N)=O)cc2)CCNCC1. The van der Waals surface area contributed by atoms with Crippen molar-refractivity contribution >= 4 is 17.5 Å². The summed E-state index contributed by atoms with van der Waals surface area (Å²) in [6.45, 7) is 3.85. The summed E-state index contributed by atoms with van der Waals surface area (Å²) in [6, 6.07) is 7.28. The van der Waals surface area contributed by atoms with Gasteiger partial charge in [-0.1, -0.05) is 19.1 Å². The quantitative estimate of drug-likeness (QED) is 0.766. The number of primary amides is 1. The molecule has 0 unspecified atom stereocenters. The third kappa shape index (κ3) is 3.82. The van der Waals surface area contributed by atoms with Gasteiger partial charge >= 0.3 is 0 Å². The van der Waals surface area contributed by atoms with Crippen molar-refractivity contribution in [1.82, 2.24) is 5.32 Å². The van der Waals surface area contributed by atoms with Crippen molar-refractivity contribution in [3.05, 3.63) is 29.8 Å². The third-order valence-electron chi connectivity index (χ3n) is 4.31.